The molecule has 1 unspecified atom stereocenters. The van der Waals surface area contributed by atoms with Gasteiger partial charge in [-0.25, -0.2) is 19.4 Å². The monoisotopic (exact) mass is 336 g/mol. The molecule has 1 aliphatic heterocycles. The minimum atomic E-state index is -1.35. The molecule has 0 fully saturated rings. The molecule has 1 heterocycles. The van der Waals surface area contributed by atoms with Crippen LogP contribution in [0.1, 0.15) is 0 Å². The van der Waals surface area contributed by atoms with Gasteiger partial charge >= 0.3 is 6.03 Å². The molecule has 1 atom stereocenters. The number of nitrogens with one attached hydrogen (secondary N) is 1. The molecule has 0 bridgehead atoms. The van der Waals surface area contributed by atoms with Crippen LogP contribution >= 0.6 is 0 Å². The number of nitrogens with zero attached hydrogens (tertiary/aromatic N) is 2. The van der Waals surface area contributed by atoms with Gasteiger partial charge in [-0.3, -0.25) is 5.43 Å². The van der Waals surface area contributed by atoms with E-state index < -0.39 is 22.9 Å². The Hall–Kier alpha value is -2.29. The topological polar surface area (TPSA) is 65.0 Å². The van der Waals surface area contributed by atoms with Crippen LogP contribution < -0.4 is 10.2 Å². The van der Waals surface area contributed by atoms with Gasteiger partial charge in [0.1, 0.15) is 0 Å². The quantitative estimate of drug-likeness (QED) is 0.503. The van der Waals surface area contributed by atoms with Crippen molar-refractivity contribution in [3.8, 4) is 11.5 Å². The lowest BCUT2D eigenvalue weighted by molar-refractivity contribution is 0.0387. The molecule has 0 saturated heterocycles. The number of benzene rings is 2. The second kappa shape index (κ2) is 6.07. The van der Waals surface area contributed by atoms with Crippen molar-refractivity contribution in [1.82, 2.24) is 14.9 Å². The minimum absolute atomic E-state index is 0.141. The van der Waals surface area contributed by atoms with Gasteiger partial charge in [-0.2, -0.15) is 0 Å². The molecule has 2 N–H and O–H groups in total. The maximum Gasteiger partial charge on any atom is 0.401 e. The van der Waals surface area contributed by atoms with Crippen molar-refractivity contribution in [3.63, 3.8) is 0 Å². The highest BCUT2D eigenvalue weighted by Crippen LogP contribution is 2.45. The lowest BCUT2D eigenvalue weighted by atomic mass is 10.3. The number of hydrogen-bond acceptors (Lipinski definition) is 4. The Balaban J connectivity index is 2.10. The lowest BCUT2D eigenvalue weighted by Crippen LogP contribution is -2.47. The highest BCUT2D eigenvalue weighted by molar-refractivity contribution is 7.95. The summed E-state index contributed by atoms with van der Waals surface area (Å²) in [4.78, 5) is 12.8. The number of ether oxygens (including phenoxy) is 1. The maximum atomic E-state index is 14.3. The first kappa shape index (κ1) is 15.6. The second-order valence-electron chi connectivity index (χ2n) is 4.98. The van der Waals surface area contributed by atoms with Crippen LogP contribution in [0.15, 0.2) is 52.3 Å². The van der Waals surface area contributed by atoms with Crippen LogP contribution in [-0.2, 0) is 11.1 Å². The Kier molecular flexibility index (Phi) is 4.12. The normalized spacial score (nSPS) is 15.4. The molecular formula is C15H15FN3O3S+. The van der Waals surface area contributed by atoms with Gasteiger partial charge in [0.15, 0.2) is 17.3 Å². The Morgan fingerprint density at radius 2 is 1.87 bits per heavy atom. The van der Waals surface area contributed by atoms with Crippen molar-refractivity contribution >= 4 is 17.1 Å². The van der Waals surface area contributed by atoms with Crippen LogP contribution in [0, 0.1) is 5.82 Å². The molecule has 23 heavy (non-hydrogen) atoms. The molecule has 3 rings (SSSR count). The summed E-state index contributed by atoms with van der Waals surface area (Å²) >= 11 is -1.35. The van der Waals surface area contributed by atoms with Gasteiger partial charge in [0.05, 0.1) is 0 Å². The van der Waals surface area contributed by atoms with Gasteiger partial charge in [0.25, 0.3) is 4.90 Å². The van der Waals surface area contributed by atoms with Gasteiger partial charge in [0.2, 0.25) is 16.0 Å². The van der Waals surface area contributed by atoms with Gasteiger partial charge < -0.3 is 4.74 Å². The number of hydrazine groups is 1. The van der Waals surface area contributed by atoms with E-state index in [0.29, 0.717) is 15.1 Å². The van der Waals surface area contributed by atoms with Crippen LogP contribution in [0.4, 0.5) is 9.18 Å². The summed E-state index contributed by atoms with van der Waals surface area (Å²) in [5, 5.41) is 11.8. The molecule has 0 aliphatic carbocycles. The average Bonchev–Trinajstić information content (AvgIpc) is 2.51. The molecule has 2 aromatic carbocycles. The first-order valence-corrected chi connectivity index (χ1v) is 7.94. The molecule has 0 saturated carbocycles. The summed E-state index contributed by atoms with van der Waals surface area (Å²) in [7, 11) is 3.22. The highest BCUT2D eigenvalue weighted by atomic mass is 32.2. The van der Waals surface area contributed by atoms with Crippen molar-refractivity contribution < 1.29 is 19.1 Å². The van der Waals surface area contributed by atoms with Gasteiger partial charge in [0, 0.05) is 24.6 Å². The molecule has 6 nitrogen and oxygen atoms in total. The molecule has 0 radical (unpaired) electrons. The summed E-state index contributed by atoms with van der Waals surface area (Å²) in [6.45, 7) is 0. The Morgan fingerprint density at radius 3 is 2.61 bits per heavy atom. The molecule has 1 aliphatic rings. The van der Waals surface area contributed by atoms with Crippen LogP contribution in [0.5, 0.6) is 11.5 Å². The van der Waals surface area contributed by atoms with Crippen LogP contribution in [-0.4, -0.2) is 34.8 Å². The molecule has 2 aromatic rings. The smallest absolute Gasteiger partial charge is 0.401 e. The zero-order chi connectivity index (χ0) is 16.6. The summed E-state index contributed by atoms with van der Waals surface area (Å²) in [5.41, 5.74) is 2.43. The predicted molar refractivity (Wildman–Crippen MR) is 82.7 cm³/mol. The summed E-state index contributed by atoms with van der Waals surface area (Å²) < 4.78 is 20.5. The third-order valence-electron chi connectivity index (χ3n) is 3.07. The van der Waals surface area contributed by atoms with Crippen molar-refractivity contribution in [2.75, 3.05) is 14.1 Å². The Bertz CT molecular complexity index is 756. The number of carbonyl (C=O) groups is 1. The number of fused-ring (bicyclic) bond motifs is 2. The van der Waals surface area contributed by atoms with E-state index in [9.17, 15) is 14.4 Å². The summed E-state index contributed by atoms with van der Waals surface area (Å²) in [5.74, 6) is 0.214. The number of halogens is 1. The van der Waals surface area contributed by atoms with Gasteiger partial charge in [-0.1, -0.05) is 18.2 Å². The Morgan fingerprint density at radius 1 is 1.17 bits per heavy atom. The molecule has 120 valence electrons. The van der Waals surface area contributed by atoms with Gasteiger partial charge in [-0.05, 0) is 18.2 Å². The molecule has 2 amide bonds. The van der Waals surface area contributed by atoms with E-state index in [1.165, 1.54) is 17.1 Å². The third kappa shape index (κ3) is 2.83. The minimum Gasteiger partial charge on any atom is -0.446 e. The fourth-order valence-electron chi connectivity index (χ4n) is 2.18. The van der Waals surface area contributed by atoms with Crippen molar-refractivity contribution in [1.29, 1.82) is 0 Å². The van der Waals surface area contributed by atoms with E-state index in [0.717, 1.165) is 0 Å². The number of hydroxylamine groups is 1. The maximum absolute atomic E-state index is 14.3. The third-order valence-corrected chi connectivity index (χ3v) is 5.12. The SMILES string of the molecule is CN(C)NC(=O)N(O)[S+]1c2ccccc2Oc2cccc(F)c21. The van der Waals surface area contributed by atoms with Crippen molar-refractivity contribution in [2.24, 2.45) is 0 Å². The van der Waals surface area contributed by atoms with Crippen LogP contribution in [0.3, 0.4) is 0 Å². The van der Waals surface area contributed by atoms with E-state index in [-0.39, 0.29) is 10.6 Å². The van der Waals surface area contributed by atoms with E-state index in [1.807, 2.05) is 0 Å². The number of amides is 2. The van der Waals surface area contributed by atoms with Crippen LogP contribution in [0.2, 0.25) is 0 Å². The average molecular weight is 336 g/mol. The van der Waals surface area contributed by atoms with E-state index >= 15 is 0 Å². The molecular weight excluding hydrogens is 321 g/mol. The zero-order valence-corrected chi connectivity index (χ0v) is 13.3. The standard InChI is InChI=1S/C15H14FN3O3S/c1-18(2)17-15(20)19(21)23-13-9-4-3-7-11(13)22-12-8-5-6-10(16)14(12)23/h3-9,21H,1-2H3/p+1. The second-order valence-corrected chi connectivity index (χ2v) is 6.75. The Labute approximate surface area is 135 Å². The largest absolute Gasteiger partial charge is 0.446 e. The fourth-order valence-corrected chi connectivity index (χ4v) is 4.02. The first-order chi connectivity index (χ1) is 11.0. The summed E-state index contributed by atoms with van der Waals surface area (Å²) in [6.07, 6.45) is 0. The first-order valence-electron chi connectivity index (χ1n) is 6.76. The number of urea groups is 1. The zero-order valence-electron chi connectivity index (χ0n) is 12.5. The van der Waals surface area contributed by atoms with E-state index in [2.05, 4.69) is 5.43 Å². The van der Waals surface area contributed by atoms with Gasteiger partial charge in [-0.15, -0.1) is 0 Å². The number of hydrogen-bond donors (Lipinski definition) is 2. The molecule has 8 heteroatoms. The molecule has 0 spiro atoms. The lowest BCUT2D eigenvalue weighted by Gasteiger charge is -2.23. The molecule has 0 aromatic heterocycles. The van der Waals surface area contributed by atoms with Crippen molar-refractivity contribution in [3.05, 3.63) is 48.3 Å². The number of carbonyl (C=O) groups excluding carboxylic acids is 1. The van der Waals surface area contributed by atoms with Crippen molar-refractivity contribution in [2.45, 2.75) is 9.79 Å². The predicted octanol–water partition coefficient (Wildman–Crippen LogP) is 2.76. The van der Waals surface area contributed by atoms with E-state index in [4.69, 9.17) is 4.74 Å². The fraction of sp³-hybridized carbons (Fsp3) is 0.133. The van der Waals surface area contributed by atoms with Crippen LogP contribution in [0.25, 0.3) is 0 Å². The number of para-hydroxylation sites is 1. The number of rotatable bonds is 2. The summed E-state index contributed by atoms with van der Waals surface area (Å²) in [6, 6.07) is 10.5. The van der Waals surface area contributed by atoms with E-state index in [1.54, 1.807) is 44.4 Å². The highest BCUT2D eigenvalue weighted by Gasteiger charge is 2.48.